The molecule has 1 N–H and O–H groups in total. The van der Waals surface area contributed by atoms with Crippen LogP contribution in [-0.2, 0) is 32.0 Å². The Morgan fingerprint density at radius 3 is 1.35 bits per heavy atom. The second-order valence-corrected chi connectivity index (χ2v) is 8.44. The Hall–Kier alpha value is -0.270. The van der Waals surface area contributed by atoms with E-state index in [1.54, 1.807) is 27.7 Å². The Morgan fingerprint density at radius 1 is 0.826 bits per heavy atom. The Bertz CT molecular complexity index is 393. The minimum Gasteiger partial charge on any atom is -0.480 e. The number of aliphatic carboxylic acids is 1. The van der Waals surface area contributed by atoms with Gasteiger partial charge in [-0.15, -0.1) is 0 Å². The summed E-state index contributed by atoms with van der Waals surface area (Å²) in [5, 5.41) is 9.01. The number of rotatable bonds is 14. The number of nitrogens with zero attached hydrogens (tertiary/aromatic N) is 1. The van der Waals surface area contributed by atoms with E-state index in [2.05, 4.69) is 0 Å². The summed E-state index contributed by atoms with van der Waals surface area (Å²) in [4.78, 5) is 12.2. The van der Waals surface area contributed by atoms with Crippen molar-refractivity contribution in [3.05, 3.63) is 0 Å². The number of carboxylic acid groups (broad SMARTS) is 1. The zero-order valence-corrected chi connectivity index (χ0v) is 15.9. The predicted octanol–water partition coefficient (Wildman–Crippen LogP) is 2.82. The van der Waals surface area contributed by atoms with E-state index >= 15 is 0 Å². The summed E-state index contributed by atoms with van der Waals surface area (Å²) in [5.74, 6) is -1.16. The van der Waals surface area contributed by atoms with E-state index in [0.717, 1.165) is 0 Å². The van der Waals surface area contributed by atoms with E-state index in [-0.39, 0.29) is 39.0 Å². The first kappa shape index (κ1) is 22.7. The normalized spacial score (nSPS) is 12.7. The third-order valence-electron chi connectivity index (χ3n) is 2.41. The Kier molecular flexibility index (Phi) is 11.2. The third kappa shape index (κ3) is 9.57. The summed E-state index contributed by atoms with van der Waals surface area (Å²) in [6, 6.07) is 0. The standard InChI is InChI=1S/C12H27NO8P2/c1-5-18-22(16,19-6-2)10-13(9-12(14)15)11-23(17,20-7-3)21-8-4/h5-11H2,1-4H3,(H,14,15). The molecular weight excluding hydrogens is 348 g/mol. The fraction of sp³-hybridized carbons (Fsp3) is 0.917. The van der Waals surface area contributed by atoms with Gasteiger partial charge < -0.3 is 23.2 Å². The molecule has 0 heterocycles. The van der Waals surface area contributed by atoms with Gasteiger partial charge in [0.1, 0.15) is 12.6 Å². The van der Waals surface area contributed by atoms with Gasteiger partial charge in [-0.3, -0.25) is 18.8 Å². The van der Waals surface area contributed by atoms with Gasteiger partial charge >= 0.3 is 21.2 Å². The van der Waals surface area contributed by atoms with Crippen LogP contribution in [0.25, 0.3) is 0 Å². The van der Waals surface area contributed by atoms with Gasteiger partial charge in [-0.1, -0.05) is 0 Å². The lowest BCUT2D eigenvalue weighted by Gasteiger charge is -2.28. The van der Waals surface area contributed by atoms with E-state index in [9.17, 15) is 13.9 Å². The maximum Gasteiger partial charge on any atom is 0.344 e. The summed E-state index contributed by atoms with van der Waals surface area (Å²) in [6.45, 7) is 6.70. The molecule has 0 aliphatic rings. The summed E-state index contributed by atoms with van der Waals surface area (Å²) >= 11 is 0. The Morgan fingerprint density at radius 2 is 1.13 bits per heavy atom. The first-order valence-corrected chi connectivity index (χ1v) is 10.9. The average molecular weight is 375 g/mol. The number of carbonyl (C=O) groups is 1. The van der Waals surface area contributed by atoms with Crippen molar-refractivity contribution in [1.29, 1.82) is 0 Å². The highest BCUT2D eigenvalue weighted by atomic mass is 31.2. The molecule has 0 aliphatic carbocycles. The van der Waals surface area contributed by atoms with Crippen molar-refractivity contribution in [2.24, 2.45) is 0 Å². The van der Waals surface area contributed by atoms with Gasteiger partial charge in [-0.05, 0) is 27.7 Å². The first-order chi connectivity index (χ1) is 10.7. The van der Waals surface area contributed by atoms with Crippen LogP contribution in [0, 0.1) is 0 Å². The molecule has 0 aromatic carbocycles. The predicted molar refractivity (Wildman–Crippen MR) is 85.8 cm³/mol. The number of hydrogen-bond donors (Lipinski definition) is 1. The third-order valence-corrected chi connectivity index (χ3v) is 6.51. The van der Waals surface area contributed by atoms with Crippen LogP contribution >= 0.6 is 15.2 Å². The van der Waals surface area contributed by atoms with Crippen molar-refractivity contribution in [1.82, 2.24) is 4.90 Å². The second-order valence-electron chi connectivity index (χ2n) is 4.40. The van der Waals surface area contributed by atoms with Crippen LogP contribution < -0.4 is 0 Å². The molecule has 0 saturated heterocycles. The van der Waals surface area contributed by atoms with Gasteiger partial charge in [0, 0.05) is 0 Å². The minimum absolute atomic E-state index is 0.146. The second kappa shape index (κ2) is 11.3. The molecule has 23 heavy (non-hydrogen) atoms. The fourth-order valence-electron chi connectivity index (χ4n) is 1.85. The Balaban J connectivity index is 5.22. The SMILES string of the molecule is CCOP(=O)(CN(CC(=O)O)CP(=O)(OCC)OCC)OCC. The van der Waals surface area contributed by atoms with Gasteiger partial charge in [0.2, 0.25) is 0 Å². The summed E-state index contributed by atoms with van der Waals surface area (Å²) < 4.78 is 45.7. The summed E-state index contributed by atoms with van der Waals surface area (Å²) in [7, 11) is -7.05. The molecule has 0 saturated carbocycles. The largest absolute Gasteiger partial charge is 0.480 e. The molecule has 0 aromatic heterocycles. The zero-order chi connectivity index (χ0) is 17.9. The van der Waals surface area contributed by atoms with Crippen LogP contribution in [0.4, 0.5) is 0 Å². The first-order valence-electron chi connectivity index (χ1n) is 7.44. The van der Waals surface area contributed by atoms with Gasteiger partial charge in [0.15, 0.2) is 0 Å². The molecule has 0 amide bonds. The molecule has 0 unspecified atom stereocenters. The topological polar surface area (TPSA) is 112 Å². The van der Waals surface area contributed by atoms with Crippen molar-refractivity contribution in [2.45, 2.75) is 27.7 Å². The minimum atomic E-state index is -3.53. The van der Waals surface area contributed by atoms with Crippen molar-refractivity contribution in [3.63, 3.8) is 0 Å². The zero-order valence-electron chi connectivity index (χ0n) is 14.1. The van der Waals surface area contributed by atoms with Gasteiger partial charge in [0.25, 0.3) is 0 Å². The van der Waals surface area contributed by atoms with Gasteiger partial charge in [0.05, 0.1) is 33.0 Å². The molecule has 0 rings (SSSR count). The molecule has 0 aromatic rings. The molecule has 9 nitrogen and oxygen atoms in total. The summed E-state index contributed by atoms with van der Waals surface area (Å²) in [6.07, 6.45) is -0.629. The molecule has 138 valence electrons. The van der Waals surface area contributed by atoms with Gasteiger partial charge in [-0.2, -0.15) is 0 Å². The molecule has 0 radical (unpaired) electrons. The van der Waals surface area contributed by atoms with Crippen LogP contribution in [0.2, 0.25) is 0 Å². The van der Waals surface area contributed by atoms with Crippen LogP contribution in [-0.4, -0.2) is 61.5 Å². The van der Waals surface area contributed by atoms with Crippen LogP contribution in [0.5, 0.6) is 0 Å². The maximum atomic E-state index is 12.6. The average Bonchev–Trinajstić information content (AvgIpc) is 2.37. The quantitative estimate of drug-likeness (QED) is 0.458. The molecular formula is C12H27NO8P2. The van der Waals surface area contributed by atoms with Crippen LogP contribution in [0.3, 0.4) is 0 Å². The molecule has 0 spiro atoms. The van der Waals surface area contributed by atoms with Crippen molar-refractivity contribution in [2.75, 3.05) is 45.5 Å². The smallest absolute Gasteiger partial charge is 0.344 e. The lowest BCUT2D eigenvalue weighted by Crippen LogP contribution is -2.33. The Labute approximate surface area is 137 Å². The number of hydrogen-bond acceptors (Lipinski definition) is 8. The van der Waals surface area contributed by atoms with E-state index < -0.39 is 27.7 Å². The maximum absolute atomic E-state index is 12.6. The van der Waals surface area contributed by atoms with E-state index in [0.29, 0.717) is 0 Å². The van der Waals surface area contributed by atoms with Crippen molar-refractivity contribution in [3.8, 4) is 0 Å². The summed E-state index contributed by atoms with van der Waals surface area (Å²) in [5.41, 5.74) is 0. The van der Waals surface area contributed by atoms with E-state index in [4.69, 9.17) is 23.2 Å². The highest BCUT2D eigenvalue weighted by molar-refractivity contribution is 7.54. The lowest BCUT2D eigenvalue weighted by molar-refractivity contribution is -0.137. The van der Waals surface area contributed by atoms with Crippen LogP contribution in [0.15, 0.2) is 0 Å². The van der Waals surface area contributed by atoms with Crippen molar-refractivity contribution < 1.29 is 37.1 Å². The molecule has 11 heteroatoms. The van der Waals surface area contributed by atoms with Gasteiger partial charge in [-0.25, -0.2) is 0 Å². The highest BCUT2D eigenvalue weighted by Gasteiger charge is 2.34. The fourth-order valence-corrected chi connectivity index (χ4v) is 5.44. The molecule has 0 aliphatic heterocycles. The number of carboxylic acids is 1. The van der Waals surface area contributed by atoms with Crippen molar-refractivity contribution >= 4 is 21.2 Å². The highest BCUT2D eigenvalue weighted by Crippen LogP contribution is 2.52. The lowest BCUT2D eigenvalue weighted by atomic mass is 10.6. The van der Waals surface area contributed by atoms with E-state index in [1.165, 1.54) is 4.90 Å². The monoisotopic (exact) mass is 375 g/mol. The molecule has 0 bridgehead atoms. The van der Waals surface area contributed by atoms with E-state index in [1.807, 2.05) is 0 Å². The van der Waals surface area contributed by atoms with Crippen LogP contribution in [0.1, 0.15) is 27.7 Å². The molecule has 0 atom stereocenters. The molecule has 0 fully saturated rings.